The maximum atomic E-state index is 5.79. The van der Waals surface area contributed by atoms with Gasteiger partial charge in [0.15, 0.2) is 5.82 Å². The number of anilines is 1. The minimum Gasteiger partial charge on any atom is -0.391 e. The van der Waals surface area contributed by atoms with Gasteiger partial charge in [-0.3, -0.25) is 0 Å². The molecular formula is C14H12BrN3OS2. The van der Waals surface area contributed by atoms with Crippen molar-refractivity contribution in [3.63, 3.8) is 0 Å². The van der Waals surface area contributed by atoms with Crippen LogP contribution in [0.25, 0.3) is 10.8 Å². The molecule has 2 N–H and O–H groups in total. The Morgan fingerprint density at radius 2 is 2.19 bits per heavy atom. The van der Waals surface area contributed by atoms with Crippen LogP contribution in [0.15, 0.2) is 44.2 Å². The van der Waals surface area contributed by atoms with Crippen molar-refractivity contribution in [2.75, 3.05) is 5.73 Å². The summed E-state index contributed by atoms with van der Waals surface area (Å²) in [7, 11) is 0. The molecule has 21 heavy (non-hydrogen) atoms. The second kappa shape index (κ2) is 6.21. The number of aryl methyl sites for hydroxylation is 1. The van der Waals surface area contributed by atoms with Crippen molar-refractivity contribution in [1.29, 1.82) is 0 Å². The minimum atomic E-state index is 0.539. The van der Waals surface area contributed by atoms with E-state index in [-0.39, 0.29) is 0 Å². The number of benzene rings is 1. The van der Waals surface area contributed by atoms with Crippen LogP contribution in [0, 0.1) is 6.92 Å². The van der Waals surface area contributed by atoms with Crippen LogP contribution >= 0.6 is 39.0 Å². The summed E-state index contributed by atoms with van der Waals surface area (Å²) in [4.78, 5) is 6.54. The highest BCUT2D eigenvalue weighted by Crippen LogP contribution is 2.34. The van der Waals surface area contributed by atoms with E-state index in [0.717, 1.165) is 24.8 Å². The summed E-state index contributed by atoms with van der Waals surface area (Å²) >= 11 is 6.66. The van der Waals surface area contributed by atoms with E-state index in [4.69, 9.17) is 10.3 Å². The molecule has 2 heterocycles. The number of hydrogen-bond donors (Lipinski definition) is 1. The molecule has 0 fully saturated rings. The van der Waals surface area contributed by atoms with E-state index in [1.54, 1.807) is 11.8 Å². The number of nitrogens with two attached hydrogens (primary N) is 1. The Morgan fingerprint density at radius 1 is 1.38 bits per heavy atom. The zero-order valence-corrected chi connectivity index (χ0v) is 14.4. The molecule has 0 aliphatic heterocycles. The normalized spacial score (nSPS) is 11.0. The third-order valence-corrected chi connectivity index (χ3v) is 5.87. The number of thioether (sulfide) groups is 1. The van der Waals surface area contributed by atoms with E-state index < -0.39 is 0 Å². The van der Waals surface area contributed by atoms with Gasteiger partial charge >= 0.3 is 0 Å². The molecule has 2 aromatic heterocycles. The molecule has 0 saturated heterocycles. The fourth-order valence-electron chi connectivity index (χ4n) is 1.83. The Hall–Kier alpha value is -1.31. The van der Waals surface area contributed by atoms with Crippen molar-refractivity contribution < 1.29 is 4.52 Å². The second-order valence-electron chi connectivity index (χ2n) is 4.40. The van der Waals surface area contributed by atoms with Gasteiger partial charge in [0.25, 0.3) is 5.89 Å². The first kappa shape index (κ1) is 14.6. The lowest BCUT2D eigenvalue weighted by molar-refractivity contribution is 0.426. The number of hydrogen-bond acceptors (Lipinski definition) is 6. The Balaban J connectivity index is 1.74. The van der Waals surface area contributed by atoms with Crippen LogP contribution in [0.4, 0.5) is 5.00 Å². The van der Waals surface area contributed by atoms with Crippen molar-refractivity contribution in [3.8, 4) is 10.8 Å². The first-order chi connectivity index (χ1) is 10.1. The van der Waals surface area contributed by atoms with E-state index in [1.807, 2.05) is 31.2 Å². The first-order valence-corrected chi connectivity index (χ1v) is 8.79. The molecule has 0 saturated carbocycles. The fourth-order valence-corrected chi connectivity index (χ4v) is 4.10. The highest BCUT2D eigenvalue weighted by molar-refractivity contribution is 9.10. The lowest BCUT2D eigenvalue weighted by Crippen LogP contribution is -1.84. The second-order valence-corrected chi connectivity index (χ2v) is 7.35. The van der Waals surface area contributed by atoms with Gasteiger partial charge in [-0.25, -0.2) is 0 Å². The maximum Gasteiger partial charge on any atom is 0.268 e. The molecule has 0 amide bonds. The summed E-state index contributed by atoms with van der Waals surface area (Å²) in [5, 5.41) is 4.79. The first-order valence-electron chi connectivity index (χ1n) is 6.19. The van der Waals surface area contributed by atoms with Gasteiger partial charge in [0.05, 0.1) is 15.6 Å². The highest BCUT2D eigenvalue weighted by atomic mass is 79.9. The van der Waals surface area contributed by atoms with Gasteiger partial charge in [0, 0.05) is 9.37 Å². The van der Waals surface area contributed by atoms with Crippen LogP contribution in [0.3, 0.4) is 0 Å². The molecule has 4 nitrogen and oxygen atoms in total. The number of nitrogen functional groups attached to an aromatic ring is 1. The van der Waals surface area contributed by atoms with Crippen LogP contribution in [0.1, 0.15) is 11.4 Å². The van der Waals surface area contributed by atoms with Gasteiger partial charge in [-0.2, -0.15) is 4.98 Å². The average molecular weight is 382 g/mol. The molecule has 3 aromatic rings. The summed E-state index contributed by atoms with van der Waals surface area (Å²) in [6.07, 6.45) is 0. The van der Waals surface area contributed by atoms with Crippen LogP contribution in [-0.2, 0) is 5.75 Å². The zero-order chi connectivity index (χ0) is 14.8. The lowest BCUT2D eigenvalue weighted by Gasteiger charge is -2.00. The van der Waals surface area contributed by atoms with E-state index >= 15 is 0 Å². The molecule has 0 atom stereocenters. The molecule has 0 aliphatic rings. The van der Waals surface area contributed by atoms with Crippen LogP contribution < -0.4 is 5.73 Å². The third kappa shape index (κ3) is 3.30. The molecular weight excluding hydrogens is 370 g/mol. The van der Waals surface area contributed by atoms with E-state index in [0.29, 0.717) is 17.5 Å². The molecule has 0 radical (unpaired) electrons. The molecule has 108 valence electrons. The number of aromatic nitrogens is 2. The highest BCUT2D eigenvalue weighted by Gasteiger charge is 2.14. The summed E-state index contributed by atoms with van der Waals surface area (Å²) in [5.74, 6) is 1.88. The molecule has 0 spiro atoms. The molecule has 0 aliphatic carbocycles. The summed E-state index contributed by atoms with van der Waals surface area (Å²) in [5.41, 5.74) is 6.86. The van der Waals surface area contributed by atoms with Crippen LogP contribution in [-0.4, -0.2) is 10.1 Å². The van der Waals surface area contributed by atoms with Crippen LogP contribution in [0.5, 0.6) is 0 Å². The number of rotatable bonds is 4. The van der Waals surface area contributed by atoms with E-state index in [9.17, 15) is 0 Å². The largest absolute Gasteiger partial charge is 0.391 e. The van der Waals surface area contributed by atoms with Crippen molar-refractivity contribution in [3.05, 3.63) is 46.2 Å². The lowest BCUT2D eigenvalue weighted by atomic mass is 10.3. The predicted octanol–water partition coefficient (Wildman–Crippen LogP) is 4.74. The van der Waals surface area contributed by atoms with Gasteiger partial charge in [0.1, 0.15) is 0 Å². The van der Waals surface area contributed by atoms with Gasteiger partial charge in [-0.05, 0) is 46.6 Å². The smallest absolute Gasteiger partial charge is 0.268 e. The summed E-state index contributed by atoms with van der Waals surface area (Å²) in [6, 6.07) is 9.98. The summed E-state index contributed by atoms with van der Waals surface area (Å²) < 4.78 is 6.40. The average Bonchev–Trinajstić information content (AvgIpc) is 3.04. The predicted molar refractivity (Wildman–Crippen MR) is 90.5 cm³/mol. The maximum absolute atomic E-state index is 5.79. The van der Waals surface area contributed by atoms with Crippen molar-refractivity contribution in [2.24, 2.45) is 0 Å². The topological polar surface area (TPSA) is 64.9 Å². The monoisotopic (exact) mass is 381 g/mol. The number of thiophene rings is 1. The Bertz CT molecular complexity index is 769. The van der Waals surface area contributed by atoms with E-state index in [2.05, 4.69) is 32.1 Å². The SMILES string of the molecule is Cc1cc(N)sc1-c1nc(CSc2ccccc2Br)no1. The fraction of sp³-hybridized carbons (Fsp3) is 0.143. The number of halogens is 1. The molecule has 0 bridgehead atoms. The summed E-state index contributed by atoms with van der Waals surface area (Å²) in [6.45, 7) is 1.99. The molecule has 1 aromatic carbocycles. The van der Waals surface area contributed by atoms with Gasteiger partial charge < -0.3 is 10.3 Å². The minimum absolute atomic E-state index is 0.539. The zero-order valence-electron chi connectivity index (χ0n) is 11.2. The number of nitrogens with zero attached hydrogens (tertiary/aromatic N) is 2. The van der Waals surface area contributed by atoms with Gasteiger partial charge in [-0.15, -0.1) is 23.1 Å². The van der Waals surface area contributed by atoms with Gasteiger partial charge in [0.2, 0.25) is 0 Å². The Kier molecular flexibility index (Phi) is 4.32. The van der Waals surface area contributed by atoms with Crippen molar-refractivity contribution in [1.82, 2.24) is 10.1 Å². The van der Waals surface area contributed by atoms with Gasteiger partial charge in [-0.1, -0.05) is 17.3 Å². The molecule has 3 rings (SSSR count). The van der Waals surface area contributed by atoms with E-state index in [1.165, 1.54) is 11.3 Å². The third-order valence-electron chi connectivity index (χ3n) is 2.79. The van der Waals surface area contributed by atoms with Crippen molar-refractivity contribution in [2.45, 2.75) is 17.6 Å². The Morgan fingerprint density at radius 3 is 2.90 bits per heavy atom. The van der Waals surface area contributed by atoms with Crippen molar-refractivity contribution >= 4 is 44.0 Å². The Labute approximate surface area is 138 Å². The molecule has 7 heteroatoms. The quantitative estimate of drug-likeness (QED) is 0.660. The van der Waals surface area contributed by atoms with Crippen LogP contribution in [0.2, 0.25) is 0 Å². The standard InChI is InChI=1S/C14H12BrN3OS2/c1-8-6-11(16)21-13(8)14-17-12(18-19-14)7-20-10-5-3-2-4-9(10)15/h2-6H,7,16H2,1H3. The molecule has 0 unspecified atom stereocenters.